The molecule has 5 rings (SSSR count). The molecule has 3 atom stereocenters. The molecule has 234 valence electrons. The largest absolute Gasteiger partial charge is 0.444 e. The maximum atomic E-state index is 13.6. The highest BCUT2D eigenvalue weighted by atomic mass is 19.4. The zero-order chi connectivity index (χ0) is 31.7. The van der Waals surface area contributed by atoms with E-state index in [1.54, 1.807) is 25.1 Å². The average Bonchev–Trinajstić information content (AvgIpc) is 3.75. The number of nitrogens with one attached hydrogen (secondary N) is 1. The van der Waals surface area contributed by atoms with E-state index in [0.717, 1.165) is 31.4 Å². The quantitative estimate of drug-likeness (QED) is 0.207. The molecule has 0 aromatic heterocycles. The van der Waals surface area contributed by atoms with E-state index in [-0.39, 0.29) is 22.4 Å². The van der Waals surface area contributed by atoms with Gasteiger partial charge in [0.2, 0.25) is 12.0 Å². The monoisotopic (exact) mass is 618 g/mol. The number of rotatable bonds is 8. The summed E-state index contributed by atoms with van der Waals surface area (Å²) in [5.74, 6) is -1.34. The molecule has 3 aromatic carbocycles. The Morgan fingerprint density at radius 1 is 0.886 bits per heavy atom. The molecule has 1 N–H and O–H groups in total. The molecule has 1 aliphatic carbocycles. The molecular formula is C33H32F6N2O3. The van der Waals surface area contributed by atoms with Gasteiger partial charge in [-0.25, -0.2) is 4.79 Å². The van der Waals surface area contributed by atoms with Crippen LogP contribution in [0.2, 0.25) is 0 Å². The van der Waals surface area contributed by atoms with E-state index >= 15 is 0 Å². The molecule has 0 radical (unpaired) electrons. The lowest BCUT2D eigenvalue weighted by Crippen LogP contribution is -2.51. The van der Waals surface area contributed by atoms with Crippen molar-refractivity contribution < 1.29 is 40.7 Å². The normalized spacial score (nSPS) is 19.7. The first kappa shape index (κ1) is 31.6. The van der Waals surface area contributed by atoms with Crippen LogP contribution in [-0.2, 0) is 22.3 Å². The van der Waals surface area contributed by atoms with Crippen molar-refractivity contribution in [2.45, 2.75) is 69.7 Å². The van der Waals surface area contributed by atoms with E-state index < -0.39 is 42.1 Å². The second kappa shape index (κ2) is 12.3. The van der Waals surface area contributed by atoms with Gasteiger partial charge in [0.25, 0.3) is 0 Å². The van der Waals surface area contributed by atoms with Crippen molar-refractivity contribution in [3.8, 4) is 0 Å². The number of benzene rings is 3. The number of likely N-dealkylation sites (tertiary alicyclic amines) is 1. The summed E-state index contributed by atoms with van der Waals surface area (Å²) >= 11 is 0. The molecule has 1 saturated carbocycles. The molecule has 2 aliphatic rings. The maximum absolute atomic E-state index is 13.6. The van der Waals surface area contributed by atoms with Crippen molar-refractivity contribution in [3.63, 3.8) is 0 Å². The molecule has 1 amide bonds. The number of esters is 1. The molecule has 1 spiro atoms. The van der Waals surface area contributed by atoms with Gasteiger partial charge >= 0.3 is 18.3 Å². The van der Waals surface area contributed by atoms with Crippen LogP contribution in [0.15, 0.2) is 78.9 Å². The topological polar surface area (TPSA) is 58.6 Å². The van der Waals surface area contributed by atoms with Gasteiger partial charge in [-0.1, -0.05) is 54.6 Å². The third kappa shape index (κ3) is 7.43. The molecule has 0 bridgehead atoms. The Hall–Kier alpha value is -3.86. The lowest BCUT2D eigenvalue weighted by molar-refractivity contribution is -0.207. The summed E-state index contributed by atoms with van der Waals surface area (Å²) < 4.78 is 84.7. The van der Waals surface area contributed by atoms with Crippen LogP contribution in [0.5, 0.6) is 0 Å². The van der Waals surface area contributed by atoms with E-state index in [1.807, 2.05) is 4.90 Å². The van der Waals surface area contributed by atoms with Crippen LogP contribution in [0.25, 0.3) is 0 Å². The van der Waals surface area contributed by atoms with E-state index in [0.29, 0.717) is 30.6 Å². The SMILES string of the molecule is C[C@H](NC(=O)C1CC2(CCN1Cc1ccc(C(F)(F)F)cc1)CC2)c1ccc(C(=O)OC(c2ccccc2)C(F)(F)F)cc1. The highest BCUT2D eigenvalue weighted by Crippen LogP contribution is 2.55. The van der Waals surface area contributed by atoms with Crippen LogP contribution in [0.4, 0.5) is 26.3 Å². The Labute approximate surface area is 251 Å². The summed E-state index contributed by atoms with van der Waals surface area (Å²) in [7, 11) is 0. The van der Waals surface area contributed by atoms with Crippen LogP contribution in [-0.4, -0.2) is 35.5 Å². The number of amides is 1. The van der Waals surface area contributed by atoms with Crippen LogP contribution in [0.3, 0.4) is 0 Å². The second-order valence-corrected chi connectivity index (χ2v) is 11.7. The van der Waals surface area contributed by atoms with Gasteiger partial charge in [-0.2, -0.15) is 26.3 Å². The van der Waals surface area contributed by atoms with Gasteiger partial charge in [0.05, 0.1) is 23.2 Å². The lowest BCUT2D eigenvalue weighted by atomic mass is 9.87. The van der Waals surface area contributed by atoms with Gasteiger partial charge in [-0.3, -0.25) is 9.69 Å². The Morgan fingerprint density at radius 2 is 1.52 bits per heavy atom. The van der Waals surface area contributed by atoms with Crippen LogP contribution in [0, 0.1) is 5.41 Å². The Kier molecular flexibility index (Phi) is 8.80. The van der Waals surface area contributed by atoms with E-state index in [1.165, 1.54) is 48.5 Å². The minimum Gasteiger partial charge on any atom is -0.444 e. The fourth-order valence-electron chi connectivity index (χ4n) is 5.72. The minimum atomic E-state index is -4.80. The van der Waals surface area contributed by atoms with Crippen LogP contribution >= 0.6 is 0 Å². The predicted molar refractivity (Wildman–Crippen MR) is 150 cm³/mol. The van der Waals surface area contributed by atoms with Gasteiger partial charge < -0.3 is 10.1 Å². The molecule has 2 fully saturated rings. The van der Waals surface area contributed by atoms with Crippen molar-refractivity contribution in [2.24, 2.45) is 5.41 Å². The zero-order valence-corrected chi connectivity index (χ0v) is 23.9. The molecule has 11 heteroatoms. The molecular weight excluding hydrogens is 586 g/mol. The highest BCUT2D eigenvalue weighted by molar-refractivity contribution is 5.89. The smallest absolute Gasteiger partial charge is 0.429 e. The highest BCUT2D eigenvalue weighted by Gasteiger charge is 2.50. The molecule has 1 saturated heterocycles. The van der Waals surface area contributed by atoms with E-state index in [9.17, 15) is 35.9 Å². The Balaban J connectivity index is 1.23. The van der Waals surface area contributed by atoms with E-state index in [4.69, 9.17) is 4.74 Å². The molecule has 2 unspecified atom stereocenters. The van der Waals surface area contributed by atoms with Crippen molar-refractivity contribution in [3.05, 3.63) is 107 Å². The summed E-state index contributed by atoms with van der Waals surface area (Å²) in [4.78, 5) is 28.1. The zero-order valence-electron chi connectivity index (χ0n) is 23.9. The minimum absolute atomic E-state index is 0.0665. The first-order valence-corrected chi connectivity index (χ1v) is 14.4. The average molecular weight is 619 g/mol. The summed E-state index contributed by atoms with van der Waals surface area (Å²) in [5.41, 5.74) is 0.454. The summed E-state index contributed by atoms with van der Waals surface area (Å²) in [6.07, 6.45) is -7.98. The van der Waals surface area contributed by atoms with Gasteiger partial charge in [-0.15, -0.1) is 0 Å². The molecule has 5 nitrogen and oxygen atoms in total. The van der Waals surface area contributed by atoms with Gasteiger partial charge in [0.1, 0.15) is 0 Å². The molecule has 44 heavy (non-hydrogen) atoms. The first-order chi connectivity index (χ1) is 20.7. The van der Waals surface area contributed by atoms with Crippen molar-refractivity contribution in [1.29, 1.82) is 0 Å². The molecule has 1 heterocycles. The predicted octanol–water partition coefficient (Wildman–Crippen LogP) is 7.79. The number of nitrogens with zero attached hydrogens (tertiary/aromatic N) is 1. The van der Waals surface area contributed by atoms with Crippen molar-refractivity contribution >= 4 is 11.9 Å². The number of carbonyl (C=O) groups excluding carboxylic acids is 2. The number of carbonyl (C=O) groups is 2. The van der Waals surface area contributed by atoms with Crippen molar-refractivity contribution in [1.82, 2.24) is 10.2 Å². The summed E-state index contributed by atoms with van der Waals surface area (Å²) in [5, 5.41) is 3.00. The number of hydrogen-bond acceptors (Lipinski definition) is 4. The number of hydrogen-bond donors (Lipinski definition) is 1. The van der Waals surface area contributed by atoms with Crippen LogP contribution in [0.1, 0.15) is 77.4 Å². The molecule has 3 aromatic rings. The second-order valence-electron chi connectivity index (χ2n) is 11.7. The first-order valence-electron chi connectivity index (χ1n) is 14.4. The fraction of sp³-hybridized carbons (Fsp3) is 0.394. The van der Waals surface area contributed by atoms with Gasteiger partial charge in [0, 0.05) is 12.1 Å². The van der Waals surface area contributed by atoms with Gasteiger partial charge in [0.15, 0.2) is 0 Å². The number of piperidine rings is 1. The Morgan fingerprint density at radius 3 is 2.09 bits per heavy atom. The Bertz CT molecular complexity index is 1450. The van der Waals surface area contributed by atoms with Gasteiger partial charge in [-0.05, 0) is 80.0 Å². The van der Waals surface area contributed by atoms with Crippen molar-refractivity contribution in [2.75, 3.05) is 6.54 Å². The lowest BCUT2D eigenvalue weighted by Gasteiger charge is -2.39. The maximum Gasteiger partial charge on any atom is 0.429 e. The van der Waals surface area contributed by atoms with Crippen LogP contribution < -0.4 is 5.32 Å². The number of halogens is 6. The third-order valence-electron chi connectivity index (χ3n) is 8.55. The number of alkyl halides is 6. The molecule has 1 aliphatic heterocycles. The fourth-order valence-corrected chi connectivity index (χ4v) is 5.72. The van der Waals surface area contributed by atoms with E-state index in [2.05, 4.69) is 5.32 Å². The third-order valence-corrected chi connectivity index (χ3v) is 8.55. The summed E-state index contributed by atoms with van der Waals surface area (Å²) in [6, 6.07) is 16.7. The number of ether oxygens (including phenoxy) is 1. The summed E-state index contributed by atoms with van der Waals surface area (Å²) in [6.45, 7) is 2.74. The standard InChI is InChI=1S/C33H32F6N2O3/c1-21(23-9-11-25(12-10-23)30(43)44-28(33(37,38)39)24-5-3-2-4-6-24)40-29(42)27-19-31(15-16-31)17-18-41(27)20-22-7-13-26(14-8-22)32(34,35)36/h2-14,21,27-28H,15-20H2,1H3,(H,40,42)/t21-,27?,28?/m0/s1.